The van der Waals surface area contributed by atoms with Crippen molar-refractivity contribution in [3.8, 4) is 0 Å². The number of amides is 2. The molecular weight excluding hydrogens is 323 g/mol. The highest BCUT2D eigenvalue weighted by Crippen LogP contribution is 2.23. The molecule has 0 bridgehead atoms. The Morgan fingerprint density at radius 1 is 1.16 bits per heavy atom. The summed E-state index contributed by atoms with van der Waals surface area (Å²) < 4.78 is 18.8. The van der Waals surface area contributed by atoms with E-state index in [-0.39, 0.29) is 23.7 Å². The van der Waals surface area contributed by atoms with Crippen LogP contribution < -0.4 is 0 Å². The normalized spacial score (nSPS) is 22.0. The lowest BCUT2D eigenvalue weighted by Crippen LogP contribution is -2.43. The number of hydrogen-bond donors (Lipinski definition) is 0. The number of nitrogens with zero attached hydrogens (tertiary/aromatic N) is 2. The molecule has 3 rings (SSSR count). The van der Waals surface area contributed by atoms with Crippen LogP contribution in [0.3, 0.4) is 0 Å². The summed E-state index contributed by atoms with van der Waals surface area (Å²) in [6, 6.07) is 6.21. The van der Waals surface area contributed by atoms with E-state index in [2.05, 4.69) is 0 Å². The van der Waals surface area contributed by atoms with Gasteiger partial charge in [0.1, 0.15) is 11.9 Å². The van der Waals surface area contributed by atoms with Crippen molar-refractivity contribution >= 4 is 11.8 Å². The fourth-order valence-corrected chi connectivity index (χ4v) is 3.42. The van der Waals surface area contributed by atoms with Gasteiger partial charge in [0.2, 0.25) is 11.8 Å². The van der Waals surface area contributed by atoms with Gasteiger partial charge in [-0.3, -0.25) is 9.59 Å². The highest BCUT2D eigenvalue weighted by Gasteiger charge is 2.26. The molecule has 2 heterocycles. The summed E-state index contributed by atoms with van der Waals surface area (Å²) in [4.78, 5) is 28.2. The summed E-state index contributed by atoms with van der Waals surface area (Å²) in [5.41, 5.74) is 0.876. The van der Waals surface area contributed by atoms with Crippen LogP contribution in [0, 0.1) is 5.82 Å². The van der Waals surface area contributed by atoms with Gasteiger partial charge in [-0.05, 0) is 30.5 Å². The van der Waals surface area contributed by atoms with Crippen LogP contribution in [0.5, 0.6) is 0 Å². The third kappa shape index (κ3) is 4.78. The lowest BCUT2D eigenvalue weighted by molar-refractivity contribution is -0.140. The number of rotatable bonds is 4. The van der Waals surface area contributed by atoms with Crippen molar-refractivity contribution in [1.29, 1.82) is 0 Å². The zero-order valence-electron chi connectivity index (χ0n) is 14.5. The smallest absolute Gasteiger partial charge is 0.224 e. The molecule has 2 saturated heterocycles. The first-order valence-corrected chi connectivity index (χ1v) is 9.06. The Morgan fingerprint density at radius 2 is 1.96 bits per heavy atom. The average molecular weight is 348 g/mol. The second kappa shape index (κ2) is 8.43. The van der Waals surface area contributed by atoms with Crippen molar-refractivity contribution in [3.63, 3.8) is 0 Å². The Morgan fingerprint density at radius 3 is 2.76 bits per heavy atom. The zero-order valence-corrected chi connectivity index (χ0v) is 14.5. The quantitative estimate of drug-likeness (QED) is 0.840. The maximum atomic E-state index is 13.1. The Bertz CT molecular complexity index is 605. The molecule has 1 atom stereocenters. The molecule has 136 valence electrons. The van der Waals surface area contributed by atoms with Crippen molar-refractivity contribution in [2.24, 2.45) is 0 Å². The predicted molar refractivity (Wildman–Crippen MR) is 91.3 cm³/mol. The number of carbonyl (C=O) groups is 2. The molecule has 0 saturated carbocycles. The predicted octanol–water partition coefficient (Wildman–Crippen LogP) is 2.52. The fraction of sp³-hybridized carbons (Fsp3) is 0.579. The summed E-state index contributed by atoms with van der Waals surface area (Å²) in [5.74, 6) is -0.0708. The van der Waals surface area contributed by atoms with Crippen molar-refractivity contribution < 1.29 is 18.7 Å². The third-order valence-electron chi connectivity index (χ3n) is 4.93. The molecule has 0 unspecified atom stereocenters. The SMILES string of the molecule is O=C1CCCCCN1CCC(=O)N1CCO[C@H](c2ccc(F)cc2)C1. The number of likely N-dealkylation sites (tertiary alicyclic amines) is 1. The lowest BCUT2D eigenvalue weighted by atomic mass is 10.1. The third-order valence-corrected chi connectivity index (χ3v) is 4.93. The molecule has 2 aliphatic heterocycles. The summed E-state index contributed by atoms with van der Waals surface area (Å²) in [5, 5.41) is 0. The van der Waals surface area contributed by atoms with Crippen LogP contribution in [0.1, 0.15) is 43.8 Å². The first-order valence-electron chi connectivity index (χ1n) is 9.06. The van der Waals surface area contributed by atoms with E-state index in [1.807, 2.05) is 4.90 Å². The first-order chi connectivity index (χ1) is 12.1. The largest absolute Gasteiger partial charge is 0.370 e. The van der Waals surface area contributed by atoms with Gasteiger partial charge in [-0.15, -0.1) is 0 Å². The van der Waals surface area contributed by atoms with Crippen LogP contribution in [-0.2, 0) is 14.3 Å². The van der Waals surface area contributed by atoms with Gasteiger partial charge in [-0.1, -0.05) is 18.6 Å². The first kappa shape index (κ1) is 17.9. The number of benzene rings is 1. The minimum atomic E-state index is -0.283. The van der Waals surface area contributed by atoms with E-state index < -0.39 is 0 Å². The van der Waals surface area contributed by atoms with E-state index in [1.54, 1.807) is 17.0 Å². The van der Waals surface area contributed by atoms with Crippen molar-refractivity contribution in [3.05, 3.63) is 35.6 Å². The lowest BCUT2D eigenvalue weighted by Gasteiger charge is -2.33. The van der Waals surface area contributed by atoms with Gasteiger partial charge in [0.15, 0.2) is 0 Å². The average Bonchev–Trinajstić information content (AvgIpc) is 2.84. The molecule has 5 nitrogen and oxygen atoms in total. The molecular formula is C19H25FN2O3. The maximum absolute atomic E-state index is 13.1. The molecule has 0 aliphatic carbocycles. The molecule has 0 N–H and O–H groups in total. The Balaban J connectivity index is 1.53. The highest BCUT2D eigenvalue weighted by atomic mass is 19.1. The summed E-state index contributed by atoms with van der Waals surface area (Å²) in [7, 11) is 0. The van der Waals surface area contributed by atoms with E-state index in [0.29, 0.717) is 39.1 Å². The van der Waals surface area contributed by atoms with Gasteiger partial charge < -0.3 is 14.5 Å². The second-order valence-corrected chi connectivity index (χ2v) is 6.69. The molecule has 0 spiro atoms. The second-order valence-electron chi connectivity index (χ2n) is 6.69. The summed E-state index contributed by atoms with van der Waals surface area (Å²) in [6.07, 6.45) is 3.77. The number of carbonyl (C=O) groups excluding carboxylic acids is 2. The molecule has 6 heteroatoms. The van der Waals surface area contributed by atoms with Crippen molar-refractivity contribution in [2.75, 3.05) is 32.8 Å². The van der Waals surface area contributed by atoms with Crippen LogP contribution in [0.25, 0.3) is 0 Å². The molecule has 2 fully saturated rings. The van der Waals surface area contributed by atoms with Crippen LogP contribution in [-0.4, -0.2) is 54.4 Å². The highest BCUT2D eigenvalue weighted by molar-refractivity contribution is 5.79. The minimum Gasteiger partial charge on any atom is -0.370 e. The Kier molecular flexibility index (Phi) is 6.02. The van der Waals surface area contributed by atoms with Gasteiger partial charge in [-0.25, -0.2) is 4.39 Å². The van der Waals surface area contributed by atoms with E-state index in [9.17, 15) is 14.0 Å². The Labute approximate surface area is 147 Å². The topological polar surface area (TPSA) is 49.9 Å². The molecule has 0 radical (unpaired) electrons. The molecule has 2 amide bonds. The van der Waals surface area contributed by atoms with E-state index >= 15 is 0 Å². The van der Waals surface area contributed by atoms with Crippen LogP contribution in [0.2, 0.25) is 0 Å². The van der Waals surface area contributed by atoms with Gasteiger partial charge in [0, 0.05) is 32.5 Å². The molecule has 25 heavy (non-hydrogen) atoms. The molecule has 1 aromatic carbocycles. The number of morpholine rings is 1. The van der Waals surface area contributed by atoms with Gasteiger partial charge in [0.25, 0.3) is 0 Å². The number of ether oxygens (including phenoxy) is 1. The summed E-state index contributed by atoms with van der Waals surface area (Å²) in [6.45, 7) is 2.75. The van der Waals surface area contributed by atoms with Crippen LogP contribution in [0.15, 0.2) is 24.3 Å². The van der Waals surface area contributed by atoms with E-state index in [0.717, 1.165) is 31.4 Å². The van der Waals surface area contributed by atoms with E-state index in [4.69, 9.17) is 4.74 Å². The maximum Gasteiger partial charge on any atom is 0.224 e. The fourth-order valence-electron chi connectivity index (χ4n) is 3.42. The Hall–Kier alpha value is -1.95. The van der Waals surface area contributed by atoms with Gasteiger partial charge >= 0.3 is 0 Å². The standard InChI is InChI=1S/C19H25FN2O3/c20-16-7-5-15(6-8-16)17-14-22(12-13-25-17)19(24)9-11-21-10-3-1-2-4-18(21)23/h5-8,17H,1-4,9-14H2/t17-/m0/s1. The molecule has 0 aromatic heterocycles. The zero-order chi connectivity index (χ0) is 17.6. The number of halogens is 1. The monoisotopic (exact) mass is 348 g/mol. The minimum absolute atomic E-state index is 0.0486. The van der Waals surface area contributed by atoms with Gasteiger partial charge in [0.05, 0.1) is 13.2 Å². The van der Waals surface area contributed by atoms with Crippen LogP contribution >= 0.6 is 0 Å². The van der Waals surface area contributed by atoms with Crippen LogP contribution in [0.4, 0.5) is 4.39 Å². The number of hydrogen-bond acceptors (Lipinski definition) is 3. The van der Waals surface area contributed by atoms with Crippen molar-refractivity contribution in [1.82, 2.24) is 9.80 Å². The van der Waals surface area contributed by atoms with E-state index in [1.165, 1.54) is 12.1 Å². The molecule has 1 aromatic rings. The molecule has 2 aliphatic rings. The summed E-state index contributed by atoms with van der Waals surface area (Å²) >= 11 is 0. The van der Waals surface area contributed by atoms with Gasteiger partial charge in [-0.2, -0.15) is 0 Å². The van der Waals surface area contributed by atoms with Crippen molar-refractivity contribution in [2.45, 2.75) is 38.2 Å².